The van der Waals surface area contributed by atoms with Crippen molar-refractivity contribution in [2.24, 2.45) is 0 Å². The van der Waals surface area contributed by atoms with Crippen molar-refractivity contribution in [1.29, 1.82) is 0 Å². The summed E-state index contributed by atoms with van der Waals surface area (Å²) in [6.07, 6.45) is 54.6. The van der Waals surface area contributed by atoms with Gasteiger partial charge in [-0.2, -0.15) is 0 Å². The molecule has 0 heterocycles. The molecule has 0 spiro atoms. The second-order valence-corrected chi connectivity index (χ2v) is 13.7. The van der Waals surface area contributed by atoms with E-state index in [9.17, 15) is 15.0 Å². The van der Waals surface area contributed by atoms with Crippen molar-refractivity contribution in [1.82, 2.24) is 5.32 Å². The van der Waals surface area contributed by atoms with E-state index in [0.717, 1.165) is 51.4 Å². The van der Waals surface area contributed by atoms with Crippen LogP contribution in [0.25, 0.3) is 0 Å². The summed E-state index contributed by atoms with van der Waals surface area (Å²) < 4.78 is 0. The van der Waals surface area contributed by atoms with E-state index in [-0.39, 0.29) is 12.5 Å². The Morgan fingerprint density at radius 3 is 1.38 bits per heavy atom. The van der Waals surface area contributed by atoms with Crippen LogP contribution in [0.1, 0.15) is 194 Å². The van der Waals surface area contributed by atoms with Gasteiger partial charge in [0.15, 0.2) is 0 Å². The van der Waals surface area contributed by atoms with Gasteiger partial charge in [0.1, 0.15) is 0 Å². The minimum absolute atomic E-state index is 0.0924. The van der Waals surface area contributed by atoms with Crippen molar-refractivity contribution >= 4 is 5.91 Å². The predicted octanol–water partition coefficient (Wildman–Crippen LogP) is 12.6. The third-order valence-electron chi connectivity index (χ3n) is 8.98. The molecular weight excluding hydrogens is 590 g/mol. The summed E-state index contributed by atoms with van der Waals surface area (Å²) in [7, 11) is 0. The van der Waals surface area contributed by atoms with Gasteiger partial charge in [0, 0.05) is 6.42 Å². The summed E-state index contributed by atoms with van der Waals surface area (Å²) in [5, 5.41) is 22.9. The highest BCUT2D eigenvalue weighted by atomic mass is 16.3. The Bertz CT molecular complexity index is 812. The molecule has 0 aromatic heterocycles. The lowest BCUT2D eigenvalue weighted by Crippen LogP contribution is -2.45. The predicted molar refractivity (Wildman–Crippen MR) is 211 cm³/mol. The monoisotopic (exact) mass is 670 g/mol. The average molecular weight is 670 g/mol. The van der Waals surface area contributed by atoms with E-state index >= 15 is 0 Å². The number of aliphatic hydroxyl groups excluding tert-OH is 2. The fourth-order valence-electron chi connectivity index (χ4n) is 5.79. The Morgan fingerprint density at radius 2 is 0.875 bits per heavy atom. The average Bonchev–Trinajstić information content (AvgIpc) is 3.09. The highest BCUT2D eigenvalue weighted by molar-refractivity contribution is 5.76. The minimum Gasteiger partial charge on any atom is -0.394 e. The van der Waals surface area contributed by atoms with Crippen LogP contribution in [0, 0.1) is 0 Å². The van der Waals surface area contributed by atoms with Crippen LogP contribution in [0.2, 0.25) is 0 Å². The normalized spacial score (nSPS) is 13.7. The summed E-state index contributed by atoms with van der Waals surface area (Å²) >= 11 is 0. The first kappa shape index (κ1) is 46.1. The van der Waals surface area contributed by atoms with E-state index in [1.54, 1.807) is 6.08 Å². The van der Waals surface area contributed by atoms with Gasteiger partial charge in [-0.1, -0.05) is 177 Å². The van der Waals surface area contributed by atoms with Crippen LogP contribution >= 0.6 is 0 Å². The van der Waals surface area contributed by atoms with E-state index in [0.29, 0.717) is 6.42 Å². The molecule has 48 heavy (non-hydrogen) atoms. The highest BCUT2D eigenvalue weighted by Crippen LogP contribution is 2.13. The number of rotatable bonds is 36. The Hall–Kier alpha value is -1.91. The van der Waals surface area contributed by atoms with Crippen LogP contribution in [-0.2, 0) is 4.79 Å². The molecule has 2 atom stereocenters. The summed E-state index contributed by atoms with van der Waals surface area (Å²) in [5.74, 6) is -0.0924. The Kier molecular flexibility index (Phi) is 38.0. The van der Waals surface area contributed by atoms with Crippen LogP contribution in [0.4, 0.5) is 0 Å². The molecule has 0 saturated heterocycles. The third kappa shape index (κ3) is 35.4. The number of hydrogen-bond acceptors (Lipinski definition) is 3. The van der Waals surface area contributed by atoms with Gasteiger partial charge in [0.2, 0.25) is 5.91 Å². The number of carbonyl (C=O) groups excluding carboxylic acids is 1. The van der Waals surface area contributed by atoms with E-state index in [1.807, 2.05) is 6.08 Å². The standard InChI is InChI=1S/C44H79NO3/c1-3-5-7-9-11-13-15-17-19-20-21-22-23-24-26-27-29-31-33-35-37-39-43(47)42(41-46)45-44(48)40-38-36-34-32-30-28-25-18-16-14-12-10-8-6-4-2/h12,14,16,18,23-24,29,31,37,39,42-43,46-47H,3-11,13,15,17,19-22,25-28,30,32-36,38,40-41H2,1-2H3,(H,45,48)/b14-12-,18-16-,24-23+,31-29+,39-37+. The summed E-state index contributed by atoms with van der Waals surface area (Å²) in [6, 6.07) is -0.652. The Balaban J connectivity index is 3.70. The van der Waals surface area contributed by atoms with Gasteiger partial charge in [-0.3, -0.25) is 4.79 Å². The molecule has 0 aromatic carbocycles. The molecule has 278 valence electrons. The Labute approximate surface area is 298 Å². The molecule has 0 radical (unpaired) electrons. The molecule has 1 amide bonds. The van der Waals surface area contributed by atoms with Gasteiger partial charge in [0.25, 0.3) is 0 Å². The first-order valence-electron chi connectivity index (χ1n) is 20.5. The largest absolute Gasteiger partial charge is 0.394 e. The first-order chi connectivity index (χ1) is 23.7. The van der Waals surface area contributed by atoms with Gasteiger partial charge in [-0.15, -0.1) is 0 Å². The molecule has 0 aromatic rings. The second kappa shape index (κ2) is 39.5. The van der Waals surface area contributed by atoms with Crippen molar-refractivity contribution in [3.63, 3.8) is 0 Å². The maximum Gasteiger partial charge on any atom is 0.220 e. The highest BCUT2D eigenvalue weighted by Gasteiger charge is 2.17. The molecule has 0 aliphatic carbocycles. The quantitative estimate of drug-likeness (QED) is 0.0353. The number of unbranched alkanes of at least 4 members (excludes halogenated alkanes) is 22. The van der Waals surface area contributed by atoms with Crippen LogP contribution in [0.15, 0.2) is 60.8 Å². The minimum atomic E-state index is -0.876. The number of hydrogen-bond donors (Lipinski definition) is 3. The number of nitrogens with one attached hydrogen (secondary N) is 1. The molecule has 0 fully saturated rings. The number of aliphatic hydroxyl groups is 2. The van der Waals surface area contributed by atoms with Gasteiger partial charge in [-0.05, 0) is 70.6 Å². The van der Waals surface area contributed by atoms with Crippen LogP contribution in [0.3, 0.4) is 0 Å². The van der Waals surface area contributed by atoms with E-state index < -0.39 is 12.1 Å². The zero-order valence-corrected chi connectivity index (χ0v) is 31.7. The molecule has 0 rings (SSSR count). The molecule has 0 bridgehead atoms. The van der Waals surface area contributed by atoms with Gasteiger partial charge in [0.05, 0.1) is 18.8 Å². The number of carbonyl (C=O) groups is 1. The van der Waals surface area contributed by atoms with E-state index in [1.165, 1.54) is 122 Å². The zero-order valence-electron chi connectivity index (χ0n) is 31.7. The Morgan fingerprint density at radius 1 is 0.500 bits per heavy atom. The summed E-state index contributed by atoms with van der Waals surface area (Å²) in [6.45, 7) is 4.25. The van der Waals surface area contributed by atoms with Crippen LogP contribution in [-0.4, -0.2) is 34.9 Å². The topological polar surface area (TPSA) is 69.6 Å². The zero-order chi connectivity index (χ0) is 35.0. The van der Waals surface area contributed by atoms with Crippen LogP contribution < -0.4 is 5.32 Å². The van der Waals surface area contributed by atoms with Crippen molar-refractivity contribution < 1.29 is 15.0 Å². The van der Waals surface area contributed by atoms with Crippen molar-refractivity contribution in [2.75, 3.05) is 6.61 Å². The van der Waals surface area contributed by atoms with Gasteiger partial charge < -0.3 is 15.5 Å². The van der Waals surface area contributed by atoms with Crippen molar-refractivity contribution in [3.8, 4) is 0 Å². The van der Waals surface area contributed by atoms with Gasteiger partial charge in [-0.25, -0.2) is 0 Å². The SMILES string of the molecule is CCCCC/C=C\C=C/CCCCCCCCC(=O)NC(CO)C(O)/C=C/CC/C=C/CC/C=C/CCCCCCCCCCCCC. The molecule has 0 aliphatic rings. The lowest BCUT2D eigenvalue weighted by atomic mass is 10.1. The summed E-state index contributed by atoms with van der Waals surface area (Å²) in [5.41, 5.74) is 0. The second-order valence-electron chi connectivity index (χ2n) is 13.7. The molecular formula is C44H79NO3. The van der Waals surface area contributed by atoms with Gasteiger partial charge >= 0.3 is 0 Å². The lowest BCUT2D eigenvalue weighted by molar-refractivity contribution is -0.123. The first-order valence-corrected chi connectivity index (χ1v) is 20.5. The maximum atomic E-state index is 12.3. The van der Waals surface area contributed by atoms with Crippen molar-refractivity contribution in [3.05, 3.63) is 60.8 Å². The maximum absolute atomic E-state index is 12.3. The molecule has 3 N–H and O–H groups in total. The summed E-state index contributed by atoms with van der Waals surface area (Å²) in [4.78, 5) is 12.3. The smallest absolute Gasteiger partial charge is 0.220 e. The van der Waals surface area contributed by atoms with Crippen molar-refractivity contribution in [2.45, 2.75) is 206 Å². The number of allylic oxidation sites excluding steroid dienone is 9. The fourth-order valence-corrected chi connectivity index (χ4v) is 5.79. The molecule has 4 heteroatoms. The van der Waals surface area contributed by atoms with E-state index in [2.05, 4.69) is 67.8 Å². The number of amides is 1. The molecule has 2 unspecified atom stereocenters. The molecule has 4 nitrogen and oxygen atoms in total. The fraction of sp³-hybridized carbons (Fsp3) is 0.750. The molecule has 0 saturated carbocycles. The van der Waals surface area contributed by atoms with E-state index in [4.69, 9.17) is 0 Å². The lowest BCUT2D eigenvalue weighted by Gasteiger charge is -2.19. The molecule has 0 aliphatic heterocycles. The third-order valence-corrected chi connectivity index (χ3v) is 8.98. The van der Waals surface area contributed by atoms with Crippen LogP contribution in [0.5, 0.6) is 0 Å².